The monoisotopic (exact) mass is 535 g/mol. The summed E-state index contributed by atoms with van der Waals surface area (Å²) in [5.41, 5.74) is 8.85. The van der Waals surface area contributed by atoms with Crippen LogP contribution in [0, 0.1) is 0 Å². The fraction of sp³-hybridized carbons (Fsp3) is 0.194. The lowest BCUT2D eigenvalue weighted by molar-refractivity contribution is -0.0893. The molecule has 4 nitrogen and oxygen atoms in total. The summed E-state index contributed by atoms with van der Waals surface area (Å²) < 4.78 is 5.95. The van der Waals surface area contributed by atoms with E-state index in [1.807, 2.05) is 26.0 Å². The average Bonchev–Trinajstić information content (AvgIpc) is 3.31. The van der Waals surface area contributed by atoms with E-state index in [0.717, 1.165) is 22.5 Å². The zero-order chi connectivity index (χ0) is 28.4. The lowest BCUT2D eigenvalue weighted by Crippen LogP contribution is -2.49. The molecule has 1 aliphatic heterocycles. The Hall–Kier alpha value is -4.19. The Kier molecular flexibility index (Phi) is 5.93. The molecular formula is C36H32BN2O2. The lowest BCUT2D eigenvalue weighted by Gasteiger charge is -2.37. The molecule has 7 rings (SSSR count). The molecule has 0 saturated heterocycles. The molecule has 0 saturated carbocycles. The highest BCUT2D eigenvalue weighted by Crippen LogP contribution is 2.49. The van der Waals surface area contributed by atoms with Gasteiger partial charge in [-0.25, -0.2) is 0 Å². The predicted molar refractivity (Wildman–Crippen MR) is 170 cm³/mol. The first-order valence-electron chi connectivity index (χ1n) is 14.1. The maximum Gasteiger partial charge on any atom is 0.330 e. The van der Waals surface area contributed by atoms with Crippen molar-refractivity contribution >= 4 is 35.2 Å². The van der Waals surface area contributed by atoms with E-state index < -0.39 is 11.2 Å². The second-order valence-corrected chi connectivity index (χ2v) is 12.0. The second kappa shape index (κ2) is 9.44. The predicted octanol–water partition coefficient (Wildman–Crippen LogP) is 7.26. The number of para-hydroxylation sites is 1. The van der Waals surface area contributed by atoms with Gasteiger partial charge in [0, 0.05) is 16.8 Å². The Morgan fingerprint density at radius 1 is 0.707 bits per heavy atom. The van der Waals surface area contributed by atoms with Crippen LogP contribution in [0.4, 0.5) is 5.69 Å². The highest BCUT2D eigenvalue weighted by molar-refractivity contribution is 6.47. The molecule has 0 spiro atoms. The molecule has 0 aromatic heterocycles. The smallest absolute Gasteiger partial charge is 0.330 e. The summed E-state index contributed by atoms with van der Waals surface area (Å²) in [6, 6.07) is 36.3. The van der Waals surface area contributed by atoms with Crippen LogP contribution in [0.3, 0.4) is 0 Å². The quantitative estimate of drug-likeness (QED) is 0.221. The highest BCUT2D eigenvalue weighted by Gasteiger charge is 2.35. The number of aliphatic imine (C=N–C) groups is 1. The first kappa shape index (κ1) is 25.8. The summed E-state index contributed by atoms with van der Waals surface area (Å²) >= 11 is 0. The molecule has 1 aliphatic carbocycles. The SMILES string of the molecule is CC(C)(O)C(C)(C)O[B]c1ccc(C2=NC(c3ccc4c5c(cccc35)-c3ccccc3-4)c3ccccc3N2)cc1. The topological polar surface area (TPSA) is 53.9 Å². The van der Waals surface area contributed by atoms with Gasteiger partial charge in [0.15, 0.2) is 0 Å². The largest absolute Gasteiger partial charge is 0.427 e. The normalized spacial score (nSPS) is 15.6. The molecule has 0 amide bonds. The number of benzene rings is 5. The third kappa shape index (κ3) is 4.28. The number of anilines is 1. The minimum Gasteiger partial charge on any atom is -0.427 e. The van der Waals surface area contributed by atoms with Gasteiger partial charge in [-0.05, 0) is 72.4 Å². The molecule has 2 N–H and O–H groups in total. The molecule has 0 bridgehead atoms. The summed E-state index contributed by atoms with van der Waals surface area (Å²) in [7, 11) is 1.71. The van der Waals surface area contributed by atoms with Crippen LogP contribution in [0.1, 0.15) is 50.4 Å². The van der Waals surface area contributed by atoms with Gasteiger partial charge in [0.1, 0.15) is 11.9 Å². The minimum absolute atomic E-state index is 0.141. The van der Waals surface area contributed by atoms with E-state index in [4.69, 9.17) is 9.65 Å². The minimum atomic E-state index is -0.974. The number of hydrogen-bond acceptors (Lipinski definition) is 4. The van der Waals surface area contributed by atoms with E-state index in [9.17, 15) is 5.11 Å². The summed E-state index contributed by atoms with van der Waals surface area (Å²) in [4.78, 5) is 5.32. The van der Waals surface area contributed by atoms with Crippen molar-refractivity contribution in [2.24, 2.45) is 4.99 Å². The van der Waals surface area contributed by atoms with Crippen molar-refractivity contribution in [2.45, 2.75) is 44.9 Å². The van der Waals surface area contributed by atoms with Crippen LogP contribution in [0.2, 0.25) is 0 Å². The van der Waals surface area contributed by atoms with E-state index >= 15 is 0 Å². The number of nitrogens with zero attached hydrogens (tertiary/aromatic N) is 1. The molecule has 5 aromatic carbocycles. The number of amidine groups is 1. The third-order valence-corrected chi connectivity index (χ3v) is 8.79. The van der Waals surface area contributed by atoms with Gasteiger partial charge in [-0.15, -0.1) is 0 Å². The Labute approximate surface area is 242 Å². The zero-order valence-corrected chi connectivity index (χ0v) is 23.8. The summed E-state index contributed by atoms with van der Waals surface area (Å²) in [5.74, 6) is 0.838. The second-order valence-electron chi connectivity index (χ2n) is 12.0. The van der Waals surface area contributed by atoms with Gasteiger partial charge in [0.25, 0.3) is 0 Å². The summed E-state index contributed by atoms with van der Waals surface area (Å²) in [5, 5.41) is 16.6. The Balaban J connectivity index is 1.27. The first-order chi connectivity index (χ1) is 19.7. The number of hydrogen-bond donors (Lipinski definition) is 2. The molecule has 41 heavy (non-hydrogen) atoms. The van der Waals surface area contributed by atoms with Crippen LogP contribution >= 0.6 is 0 Å². The molecule has 1 atom stereocenters. The number of fused-ring (bicyclic) bond motifs is 4. The Morgan fingerprint density at radius 2 is 1.37 bits per heavy atom. The summed E-state index contributed by atoms with van der Waals surface area (Å²) in [6.07, 6.45) is 0. The fourth-order valence-electron chi connectivity index (χ4n) is 5.74. The molecule has 5 heteroatoms. The van der Waals surface area contributed by atoms with Crippen molar-refractivity contribution in [1.82, 2.24) is 0 Å². The van der Waals surface area contributed by atoms with E-state index in [-0.39, 0.29) is 6.04 Å². The van der Waals surface area contributed by atoms with Crippen LogP contribution in [-0.4, -0.2) is 29.6 Å². The van der Waals surface area contributed by atoms with Crippen molar-refractivity contribution in [3.63, 3.8) is 0 Å². The van der Waals surface area contributed by atoms with Crippen LogP contribution in [0.15, 0.2) is 108 Å². The molecule has 2 aliphatic rings. The number of aliphatic hydroxyl groups is 1. The van der Waals surface area contributed by atoms with Crippen LogP contribution in [0.5, 0.6) is 0 Å². The molecular weight excluding hydrogens is 503 g/mol. The lowest BCUT2D eigenvalue weighted by atomic mass is 9.82. The standard InChI is InChI=1S/C36H32BN2O2/c1-35(2,40)36(3,4)41-37-23-18-16-22(17-19-23)34-38-31-15-8-7-12-30(31)33(39-34)29-21-20-28-25-11-6-5-10-24(25)26-13-9-14-27(29)32(26)28/h5-21,33,40H,1-4H3,(H,38,39). The Bertz CT molecular complexity index is 1800. The van der Waals surface area contributed by atoms with Gasteiger partial charge in [0.2, 0.25) is 0 Å². The van der Waals surface area contributed by atoms with Crippen molar-refractivity contribution in [3.8, 4) is 22.3 Å². The molecule has 201 valence electrons. The highest BCUT2D eigenvalue weighted by atomic mass is 16.5. The van der Waals surface area contributed by atoms with Crippen molar-refractivity contribution in [2.75, 3.05) is 5.32 Å². The van der Waals surface area contributed by atoms with E-state index in [0.29, 0.717) is 0 Å². The van der Waals surface area contributed by atoms with Crippen LogP contribution in [-0.2, 0) is 4.65 Å². The molecule has 1 heterocycles. The zero-order valence-electron chi connectivity index (χ0n) is 23.8. The van der Waals surface area contributed by atoms with E-state index in [2.05, 4.69) is 96.3 Å². The van der Waals surface area contributed by atoms with Crippen LogP contribution < -0.4 is 10.8 Å². The van der Waals surface area contributed by atoms with Gasteiger partial charge in [-0.2, -0.15) is 0 Å². The molecule has 1 radical (unpaired) electrons. The van der Waals surface area contributed by atoms with E-state index in [1.54, 1.807) is 21.3 Å². The fourth-order valence-corrected chi connectivity index (χ4v) is 5.74. The van der Waals surface area contributed by atoms with Gasteiger partial charge in [-0.1, -0.05) is 103 Å². The van der Waals surface area contributed by atoms with Crippen molar-refractivity contribution in [1.29, 1.82) is 0 Å². The van der Waals surface area contributed by atoms with Gasteiger partial charge >= 0.3 is 7.48 Å². The van der Waals surface area contributed by atoms with Gasteiger partial charge in [-0.3, -0.25) is 4.99 Å². The maximum absolute atomic E-state index is 10.4. The van der Waals surface area contributed by atoms with Crippen molar-refractivity contribution in [3.05, 3.63) is 120 Å². The third-order valence-electron chi connectivity index (χ3n) is 8.79. The Morgan fingerprint density at radius 3 is 2.10 bits per heavy atom. The molecule has 1 unspecified atom stereocenters. The maximum atomic E-state index is 10.4. The number of rotatable bonds is 6. The van der Waals surface area contributed by atoms with Crippen LogP contribution in [0.25, 0.3) is 33.0 Å². The summed E-state index contributed by atoms with van der Waals surface area (Å²) in [6.45, 7) is 7.28. The molecule has 0 fully saturated rings. The van der Waals surface area contributed by atoms with Crippen molar-refractivity contribution < 1.29 is 9.76 Å². The number of nitrogens with one attached hydrogen (secondary N) is 1. The van der Waals surface area contributed by atoms with Gasteiger partial charge in [0.05, 0.1) is 11.2 Å². The first-order valence-corrected chi connectivity index (χ1v) is 14.1. The molecule has 5 aromatic rings. The van der Waals surface area contributed by atoms with Gasteiger partial charge < -0.3 is 15.1 Å². The average molecular weight is 535 g/mol. The van der Waals surface area contributed by atoms with E-state index in [1.165, 1.54) is 44.2 Å².